The molecule has 188 valence electrons. The molecule has 1 atom stereocenters. The standard InChI is InChI=1S/C27H34N2O6/c1-27(2,3)35-26(33)29-23(24(30)31)15-5-4-10-16-28-25(32)34-17-22-20-13-8-6-11-18(20)19-12-7-9-14-21(19)22/h6-9,11-14,22-23H,4-5,10,15-17H2,1-3H3,(H,28,32)(H,29,33)(H,30,31). The number of hydrogen-bond acceptors (Lipinski definition) is 5. The van der Waals surface area contributed by atoms with E-state index in [-0.39, 0.29) is 18.9 Å². The molecule has 0 radical (unpaired) electrons. The minimum absolute atomic E-state index is 0.0126. The van der Waals surface area contributed by atoms with Crippen LogP contribution in [0.3, 0.4) is 0 Å². The molecule has 0 saturated carbocycles. The van der Waals surface area contributed by atoms with Gasteiger partial charge in [-0.15, -0.1) is 0 Å². The summed E-state index contributed by atoms with van der Waals surface area (Å²) in [6.45, 7) is 5.83. The van der Waals surface area contributed by atoms with Gasteiger partial charge in [0.25, 0.3) is 0 Å². The van der Waals surface area contributed by atoms with Crippen molar-refractivity contribution in [3.8, 4) is 11.1 Å². The summed E-state index contributed by atoms with van der Waals surface area (Å²) >= 11 is 0. The molecule has 1 aliphatic carbocycles. The SMILES string of the molecule is CC(C)(C)OC(=O)NC(CCCCCNC(=O)OCC1c2ccccc2-c2ccccc21)C(=O)O. The van der Waals surface area contributed by atoms with Crippen molar-refractivity contribution >= 4 is 18.2 Å². The monoisotopic (exact) mass is 482 g/mol. The van der Waals surface area contributed by atoms with Crippen LogP contribution >= 0.6 is 0 Å². The van der Waals surface area contributed by atoms with Gasteiger partial charge in [0.05, 0.1) is 0 Å². The summed E-state index contributed by atoms with van der Waals surface area (Å²) < 4.78 is 10.6. The number of nitrogens with one attached hydrogen (secondary N) is 2. The Balaban J connectivity index is 1.35. The number of aliphatic carboxylic acids is 1. The minimum Gasteiger partial charge on any atom is -0.480 e. The molecule has 0 saturated heterocycles. The predicted octanol–water partition coefficient (Wildman–Crippen LogP) is 5.06. The largest absolute Gasteiger partial charge is 0.480 e. The van der Waals surface area contributed by atoms with Crippen LogP contribution in [0.4, 0.5) is 9.59 Å². The van der Waals surface area contributed by atoms with E-state index in [1.54, 1.807) is 20.8 Å². The Bertz CT molecular complexity index is 1000. The average Bonchev–Trinajstić information content (AvgIpc) is 3.11. The molecule has 1 aliphatic rings. The zero-order chi connectivity index (χ0) is 25.4. The maximum atomic E-state index is 12.2. The lowest BCUT2D eigenvalue weighted by Gasteiger charge is -2.22. The summed E-state index contributed by atoms with van der Waals surface area (Å²) in [7, 11) is 0. The number of amides is 2. The quantitative estimate of drug-likeness (QED) is 0.408. The fourth-order valence-electron chi connectivity index (χ4n) is 4.20. The van der Waals surface area contributed by atoms with Crippen LogP contribution in [-0.4, -0.2) is 48.1 Å². The summed E-state index contributed by atoms with van der Waals surface area (Å²) in [5.41, 5.74) is 3.98. The van der Waals surface area contributed by atoms with E-state index in [0.717, 1.165) is 11.1 Å². The Morgan fingerprint density at radius 1 is 0.914 bits per heavy atom. The maximum Gasteiger partial charge on any atom is 0.408 e. The number of carbonyl (C=O) groups excluding carboxylic acids is 2. The van der Waals surface area contributed by atoms with Crippen LogP contribution in [0.2, 0.25) is 0 Å². The van der Waals surface area contributed by atoms with Gasteiger partial charge in [0, 0.05) is 12.5 Å². The third kappa shape index (κ3) is 7.47. The van der Waals surface area contributed by atoms with Gasteiger partial charge in [0.2, 0.25) is 0 Å². The highest BCUT2D eigenvalue weighted by atomic mass is 16.6. The van der Waals surface area contributed by atoms with Gasteiger partial charge >= 0.3 is 18.2 Å². The van der Waals surface area contributed by atoms with Gasteiger partial charge in [-0.1, -0.05) is 61.4 Å². The van der Waals surface area contributed by atoms with Crippen molar-refractivity contribution in [3.63, 3.8) is 0 Å². The highest BCUT2D eigenvalue weighted by Gasteiger charge is 2.29. The number of unbranched alkanes of at least 4 members (excludes halogenated alkanes) is 2. The van der Waals surface area contributed by atoms with Crippen molar-refractivity contribution in [2.45, 2.75) is 64.0 Å². The number of ether oxygens (including phenoxy) is 2. The number of alkyl carbamates (subject to hydrolysis) is 2. The zero-order valence-electron chi connectivity index (χ0n) is 20.5. The third-order valence-corrected chi connectivity index (χ3v) is 5.77. The smallest absolute Gasteiger partial charge is 0.408 e. The second-order valence-electron chi connectivity index (χ2n) is 9.64. The van der Waals surface area contributed by atoms with Gasteiger partial charge in [-0.3, -0.25) is 0 Å². The molecular formula is C27H34N2O6. The van der Waals surface area contributed by atoms with E-state index in [0.29, 0.717) is 25.8 Å². The van der Waals surface area contributed by atoms with Gasteiger partial charge in [-0.05, 0) is 55.9 Å². The van der Waals surface area contributed by atoms with Crippen molar-refractivity contribution in [2.24, 2.45) is 0 Å². The lowest BCUT2D eigenvalue weighted by molar-refractivity contribution is -0.139. The number of benzene rings is 2. The molecule has 0 aliphatic heterocycles. The highest BCUT2D eigenvalue weighted by Crippen LogP contribution is 2.44. The molecule has 0 aromatic heterocycles. The van der Waals surface area contributed by atoms with Crippen LogP contribution in [0.5, 0.6) is 0 Å². The number of carbonyl (C=O) groups is 3. The predicted molar refractivity (Wildman–Crippen MR) is 132 cm³/mol. The molecule has 3 N–H and O–H groups in total. The summed E-state index contributed by atoms with van der Waals surface area (Å²) in [6.07, 6.45) is 1.01. The molecular weight excluding hydrogens is 448 g/mol. The topological polar surface area (TPSA) is 114 Å². The van der Waals surface area contributed by atoms with Gasteiger partial charge < -0.3 is 25.2 Å². The van der Waals surface area contributed by atoms with Gasteiger partial charge in [-0.2, -0.15) is 0 Å². The van der Waals surface area contributed by atoms with Crippen LogP contribution in [0.15, 0.2) is 48.5 Å². The normalized spacial score (nSPS) is 13.3. The zero-order valence-corrected chi connectivity index (χ0v) is 20.5. The lowest BCUT2D eigenvalue weighted by atomic mass is 9.98. The summed E-state index contributed by atoms with van der Waals surface area (Å²) in [5.74, 6) is -1.09. The molecule has 0 fully saturated rings. The fraction of sp³-hybridized carbons (Fsp3) is 0.444. The van der Waals surface area contributed by atoms with Crippen LogP contribution in [0.25, 0.3) is 11.1 Å². The molecule has 35 heavy (non-hydrogen) atoms. The summed E-state index contributed by atoms with van der Waals surface area (Å²) in [5, 5.41) is 14.5. The Hall–Kier alpha value is -3.55. The van der Waals surface area contributed by atoms with Crippen molar-refractivity contribution in [2.75, 3.05) is 13.2 Å². The van der Waals surface area contributed by atoms with Gasteiger partial charge in [0.1, 0.15) is 18.2 Å². The van der Waals surface area contributed by atoms with E-state index in [9.17, 15) is 19.5 Å². The van der Waals surface area contributed by atoms with E-state index in [1.807, 2.05) is 24.3 Å². The van der Waals surface area contributed by atoms with Crippen LogP contribution < -0.4 is 10.6 Å². The highest BCUT2D eigenvalue weighted by molar-refractivity contribution is 5.80. The van der Waals surface area contributed by atoms with Crippen molar-refractivity contribution in [3.05, 3.63) is 59.7 Å². The Kier molecular flexibility index (Phi) is 8.73. The summed E-state index contributed by atoms with van der Waals surface area (Å²) in [6, 6.07) is 15.3. The first kappa shape index (κ1) is 26.1. The molecule has 2 aromatic rings. The molecule has 0 heterocycles. The number of carboxylic acid groups (broad SMARTS) is 1. The van der Waals surface area contributed by atoms with E-state index in [1.165, 1.54) is 11.1 Å². The lowest BCUT2D eigenvalue weighted by Crippen LogP contribution is -2.43. The molecule has 3 rings (SSSR count). The second-order valence-corrected chi connectivity index (χ2v) is 9.64. The van der Waals surface area contributed by atoms with Crippen LogP contribution in [-0.2, 0) is 14.3 Å². The number of fused-ring (bicyclic) bond motifs is 3. The van der Waals surface area contributed by atoms with Crippen molar-refractivity contribution in [1.82, 2.24) is 10.6 Å². The minimum atomic E-state index is -1.10. The molecule has 2 aromatic carbocycles. The number of hydrogen-bond donors (Lipinski definition) is 3. The third-order valence-electron chi connectivity index (χ3n) is 5.77. The number of rotatable bonds is 10. The Morgan fingerprint density at radius 3 is 2.09 bits per heavy atom. The van der Waals surface area contributed by atoms with Gasteiger partial charge in [0.15, 0.2) is 0 Å². The second kappa shape index (κ2) is 11.7. The maximum absolute atomic E-state index is 12.2. The van der Waals surface area contributed by atoms with Gasteiger partial charge in [-0.25, -0.2) is 14.4 Å². The number of carboxylic acids is 1. The average molecular weight is 483 g/mol. The fourth-order valence-corrected chi connectivity index (χ4v) is 4.20. The van der Waals surface area contributed by atoms with E-state index in [2.05, 4.69) is 34.9 Å². The van der Waals surface area contributed by atoms with Crippen LogP contribution in [0, 0.1) is 0 Å². The van der Waals surface area contributed by atoms with Crippen molar-refractivity contribution < 1.29 is 29.0 Å². The molecule has 0 bridgehead atoms. The first-order valence-electron chi connectivity index (χ1n) is 12.0. The first-order valence-corrected chi connectivity index (χ1v) is 12.0. The first-order chi connectivity index (χ1) is 16.7. The van der Waals surface area contributed by atoms with E-state index in [4.69, 9.17) is 9.47 Å². The Labute approximate surface area is 206 Å². The van der Waals surface area contributed by atoms with E-state index >= 15 is 0 Å². The molecule has 2 amide bonds. The molecule has 0 spiro atoms. The van der Waals surface area contributed by atoms with Crippen molar-refractivity contribution in [1.29, 1.82) is 0 Å². The van der Waals surface area contributed by atoms with Crippen LogP contribution in [0.1, 0.15) is 63.5 Å². The molecule has 8 nitrogen and oxygen atoms in total. The van der Waals surface area contributed by atoms with E-state index < -0.39 is 29.8 Å². The summed E-state index contributed by atoms with van der Waals surface area (Å²) in [4.78, 5) is 35.4. The molecule has 8 heteroatoms. The molecule has 1 unspecified atom stereocenters. The Morgan fingerprint density at radius 2 is 1.51 bits per heavy atom.